The molecule has 0 radical (unpaired) electrons. The minimum atomic E-state index is -3.92. The fourth-order valence-corrected chi connectivity index (χ4v) is 0.387. The second-order valence-corrected chi connectivity index (χ2v) is 2.50. The van der Waals surface area contributed by atoms with Gasteiger partial charge in [0.1, 0.15) is 0 Å². The average molecular weight is 155 g/mol. The van der Waals surface area contributed by atoms with E-state index in [4.69, 9.17) is 0 Å². The Hall–Kier alpha value is -0.170. The van der Waals surface area contributed by atoms with Gasteiger partial charge in [0, 0.05) is 0 Å². The molecular formula is C3H9NO4S. The van der Waals surface area contributed by atoms with Crippen molar-refractivity contribution in [2.75, 3.05) is 6.61 Å². The second-order valence-electron chi connectivity index (χ2n) is 1.38. The highest BCUT2D eigenvalue weighted by atomic mass is 32.2. The molecule has 0 aromatic rings. The lowest BCUT2D eigenvalue weighted by atomic mass is 10.5. The maximum Gasteiger partial charge on any atom is 0.359 e. The molecule has 0 aliphatic carbocycles. The number of hydrogen-bond donors (Lipinski definition) is 1. The molecule has 9 heavy (non-hydrogen) atoms. The quantitative estimate of drug-likeness (QED) is 0.339. The maximum absolute atomic E-state index is 9.94. The molecule has 0 saturated heterocycles. The van der Waals surface area contributed by atoms with Gasteiger partial charge in [0.15, 0.2) is 0 Å². The predicted octanol–water partition coefficient (Wildman–Crippen LogP) is -0.452. The normalized spacial score (nSPS) is 11.8. The molecule has 0 rings (SSSR count). The highest BCUT2D eigenvalue weighted by Crippen LogP contribution is 1.85. The lowest BCUT2D eigenvalue weighted by molar-refractivity contribution is -0.201. The van der Waals surface area contributed by atoms with E-state index in [0.29, 0.717) is 6.42 Å². The third kappa shape index (κ3) is 7.83. The lowest BCUT2D eigenvalue weighted by Crippen LogP contribution is -2.16. The van der Waals surface area contributed by atoms with E-state index in [0.717, 1.165) is 0 Å². The van der Waals surface area contributed by atoms with Crippen LogP contribution in [0, 0.1) is 0 Å². The molecule has 0 amide bonds. The van der Waals surface area contributed by atoms with Crippen molar-refractivity contribution in [2.24, 2.45) is 5.14 Å². The second kappa shape index (κ2) is 3.78. The van der Waals surface area contributed by atoms with Crippen molar-refractivity contribution in [1.29, 1.82) is 0 Å². The van der Waals surface area contributed by atoms with E-state index in [1.165, 1.54) is 0 Å². The first-order chi connectivity index (χ1) is 4.06. The van der Waals surface area contributed by atoms with Crippen LogP contribution < -0.4 is 5.14 Å². The SMILES string of the molecule is CCCOOS(N)(=O)=O. The van der Waals surface area contributed by atoms with Crippen LogP contribution in [-0.2, 0) is 19.5 Å². The fraction of sp³-hybridized carbons (Fsp3) is 1.00. The average Bonchev–Trinajstić information content (AvgIpc) is 1.63. The van der Waals surface area contributed by atoms with Crippen molar-refractivity contribution < 1.29 is 17.6 Å². The maximum atomic E-state index is 9.94. The van der Waals surface area contributed by atoms with Crippen molar-refractivity contribution in [3.8, 4) is 0 Å². The first-order valence-corrected chi connectivity index (χ1v) is 3.87. The molecule has 0 bridgehead atoms. The van der Waals surface area contributed by atoms with Crippen molar-refractivity contribution in [3.63, 3.8) is 0 Å². The fourth-order valence-electron chi connectivity index (χ4n) is 0.184. The van der Waals surface area contributed by atoms with Gasteiger partial charge in [-0.05, 0) is 6.42 Å². The van der Waals surface area contributed by atoms with E-state index in [1.807, 2.05) is 6.92 Å². The van der Waals surface area contributed by atoms with Gasteiger partial charge in [-0.25, -0.2) is 10.0 Å². The molecule has 56 valence electrons. The Labute approximate surface area is 53.9 Å². The summed E-state index contributed by atoms with van der Waals surface area (Å²) in [7, 11) is -3.92. The molecule has 0 spiro atoms. The van der Waals surface area contributed by atoms with E-state index >= 15 is 0 Å². The molecule has 0 aromatic heterocycles. The standard InChI is InChI=1S/C3H9NO4S/c1-2-3-7-8-9(4,5)6/h2-3H2,1H3,(H2,4,5,6). The number of hydrogen-bond acceptors (Lipinski definition) is 4. The first-order valence-electron chi connectivity index (χ1n) is 2.40. The topological polar surface area (TPSA) is 78.6 Å². The molecule has 2 N–H and O–H groups in total. The third-order valence-electron chi connectivity index (χ3n) is 0.430. The summed E-state index contributed by atoms with van der Waals surface area (Å²) >= 11 is 0. The van der Waals surface area contributed by atoms with Gasteiger partial charge in [-0.3, -0.25) is 0 Å². The van der Waals surface area contributed by atoms with Gasteiger partial charge in [0.2, 0.25) is 0 Å². The summed E-state index contributed by atoms with van der Waals surface area (Å²) in [6.45, 7) is 2.03. The Balaban J connectivity index is 3.30. The lowest BCUT2D eigenvalue weighted by Gasteiger charge is -1.96. The Morgan fingerprint density at radius 3 is 2.44 bits per heavy atom. The Bertz CT molecular complexity index is 151. The predicted molar refractivity (Wildman–Crippen MR) is 30.4 cm³/mol. The van der Waals surface area contributed by atoms with Crippen LogP contribution in [-0.4, -0.2) is 15.0 Å². The van der Waals surface area contributed by atoms with Crippen LogP contribution in [0.3, 0.4) is 0 Å². The van der Waals surface area contributed by atoms with E-state index in [1.54, 1.807) is 0 Å². The minimum Gasteiger partial charge on any atom is -0.219 e. The summed E-state index contributed by atoms with van der Waals surface area (Å²) < 4.78 is 23.6. The molecule has 0 unspecified atom stereocenters. The molecule has 0 aliphatic rings. The largest absolute Gasteiger partial charge is 0.359 e. The summed E-state index contributed by atoms with van der Waals surface area (Å²) in [6.07, 6.45) is 0.676. The Morgan fingerprint density at radius 2 is 2.11 bits per heavy atom. The number of rotatable bonds is 4. The van der Waals surface area contributed by atoms with Gasteiger partial charge in [-0.2, -0.15) is 8.42 Å². The van der Waals surface area contributed by atoms with Gasteiger partial charge < -0.3 is 0 Å². The Kier molecular flexibility index (Phi) is 3.71. The third-order valence-corrected chi connectivity index (χ3v) is 0.716. The summed E-state index contributed by atoms with van der Waals surface area (Å²) in [4.78, 5) is 4.13. The molecular weight excluding hydrogens is 146 g/mol. The Morgan fingerprint density at radius 1 is 1.56 bits per heavy atom. The smallest absolute Gasteiger partial charge is 0.219 e. The van der Waals surface area contributed by atoms with Crippen LogP contribution in [0.5, 0.6) is 0 Å². The summed E-state index contributed by atoms with van der Waals surface area (Å²) in [5.41, 5.74) is 0. The number of nitrogens with two attached hydrogens (primary N) is 1. The van der Waals surface area contributed by atoms with Gasteiger partial charge in [0.05, 0.1) is 6.61 Å². The van der Waals surface area contributed by atoms with Gasteiger partial charge in [-0.1, -0.05) is 11.3 Å². The molecule has 0 saturated carbocycles. The summed E-state index contributed by atoms with van der Waals surface area (Å²) in [5, 5.41) is 4.40. The van der Waals surface area contributed by atoms with Crippen LogP contribution >= 0.6 is 0 Å². The molecule has 0 fully saturated rings. The molecule has 0 atom stereocenters. The summed E-state index contributed by atoms with van der Waals surface area (Å²) in [6, 6.07) is 0. The molecule has 0 aromatic carbocycles. The zero-order valence-electron chi connectivity index (χ0n) is 5.03. The zero-order chi connectivity index (χ0) is 7.33. The minimum absolute atomic E-state index is 0.219. The molecule has 6 heteroatoms. The highest BCUT2D eigenvalue weighted by Gasteiger charge is 2.00. The molecule has 5 nitrogen and oxygen atoms in total. The van der Waals surface area contributed by atoms with E-state index in [2.05, 4.69) is 14.4 Å². The van der Waals surface area contributed by atoms with Crippen LogP contribution in [0.4, 0.5) is 0 Å². The van der Waals surface area contributed by atoms with Crippen molar-refractivity contribution in [1.82, 2.24) is 0 Å². The van der Waals surface area contributed by atoms with Crippen LogP contribution in [0.25, 0.3) is 0 Å². The van der Waals surface area contributed by atoms with Gasteiger partial charge in [-0.15, -0.1) is 0 Å². The van der Waals surface area contributed by atoms with Crippen LogP contribution in [0.1, 0.15) is 13.3 Å². The van der Waals surface area contributed by atoms with Crippen molar-refractivity contribution >= 4 is 10.3 Å². The first kappa shape index (κ1) is 8.83. The van der Waals surface area contributed by atoms with Crippen LogP contribution in [0.15, 0.2) is 0 Å². The van der Waals surface area contributed by atoms with Crippen LogP contribution in [0.2, 0.25) is 0 Å². The zero-order valence-corrected chi connectivity index (χ0v) is 5.85. The van der Waals surface area contributed by atoms with E-state index in [9.17, 15) is 8.42 Å². The monoisotopic (exact) mass is 155 g/mol. The molecule has 0 aliphatic heterocycles. The molecule has 0 heterocycles. The van der Waals surface area contributed by atoms with Crippen molar-refractivity contribution in [3.05, 3.63) is 0 Å². The van der Waals surface area contributed by atoms with E-state index < -0.39 is 10.3 Å². The van der Waals surface area contributed by atoms with E-state index in [-0.39, 0.29) is 6.61 Å². The van der Waals surface area contributed by atoms with Gasteiger partial charge in [0.25, 0.3) is 0 Å². The van der Waals surface area contributed by atoms with Crippen molar-refractivity contribution in [2.45, 2.75) is 13.3 Å². The summed E-state index contributed by atoms with van der Waals surface area (Å²) in [5.74, 6) is 0. The van der Waals surface area contributed by atoms with Gasteiger partial charge >= 0.3 is 10.3 Å². The highest BCUT2D eigenvalue weighted by molar-refractivity contribution is 7.84.